The Balaban J connectivity index is 2.10. The van der Waals surface area contributed by atoms with Crippen LogP contribution in [-0.2, 0) is 14.8 Å². The molecule has 0 aromatic heterocycles. The van der Waals surface area contributed by atoms with Crippen LogP contribution in [0.25, 0.3) is 0 Å². The predicted octanol–water partition coefficient (Wildman–Crippen LogP) is 3.41. The first kappa shape index (κ1) is 19.1. The number of hydrogen-bond acceptors (Lipinski definition) is 3. The monoisotopic (exact) mass is 388 g/mol. The first-order valence-corrected chi connectivity index (χ1v) is 9.37. The van der Waals surface area contributed by atoms with Gasteiger partial charge >= 0.3 is 0 Å². The molecule has 0 saturated carbocycles. The van der Waals surface area contributed by atoms with Gasteiger partial charge in [-0.1, -0.05) is 17.7 Å². The molecule has 1 amide bonds. The van der Waals surface area contributed by atoms with Gasteiger partial charge in [0, 0.05) is 29.7 Å². The van der Waals surface area contributed by atoms with E-state index in [0.29, 0.717) is 10.7 Å². The lowest BCUT2D eigenvalue weighted by Gasteiger charge is -2.22. The fraction of sp³-hybridized carbons (Fsp3) is 0.188. The summed E-state index contributed by atoms with van der Waals surface area (Å²) in [4.78, 5) is 12.0. The lowest BCUT2D eigenvalue weighted by Crippen LogP contribution is -2.33. The number of carbonyl (C=O) groups excluding carboxylic acids is 1. The van der Waals surface area contributed by atoms with E-state index in [9.17, 15) is 22.0 Å². The molecule has 0 radical (unpaired) electrons. The van der Waals surface area contributed by atoms with Crippen molar-refractivity contribution in [1.82, 2.24) is 0 Å². The molecule has 5 nitrogen and oxygen atoms in total. The molecule has 0 aliphatic rings. The van der Waals surface area contributed by atoms with Gasteiger partial charge in [-0.3, -0.25) is 9.10 Å². The summed E-state index contributed by atoms with van der Waals surface area (Å²) in [6, 6.07) is 9.21. The van der Waals surface area contributed by atoms with Crippen molar-refractivity contribution >= 4 is 38.9 Å². The Bertz CT molecular complexity index is 891. The standard InChI is InChI=1S/C16H15ClF2N2O3S/c1-25(23,24)21(13-5-6-14(18)15(19)10-13)8-7-16(22)20-12-4-2-3-11(17)9-12/h2-6,9-10H,7-8H2,1H3,(H,20,22). The van der Waals surface area contributed by atoms with Crippen molar-refractivity contribution in [3.8, 4) is 0 Å². The van der Waals surface area contributed by atoms with Crippen LogP contribution in [0.5, 0.6) is 0 Å². The zero-order valence-electron chi connectivity index (χ0n) is 13.2. The molecule has 0 unspecified atom stereocenters. The number of nitrogens with one attached hydrogen (secondary N) is 1. The Hall–Kier alpha value is -2.19. The second-order valence-electron chi connectivity index (χ2n) is 5.24. The van der Waals surface area contributed by atoms with Crippen molar-refractivity contribution in [2.45, 2.75) is 6.42 Å². The predicted molar refractivity (Wildman–Crippen MR) is 93.2 cm³/mol. The molecule has 0 aliphatic heterocycles. The molecular weight excluding hydrogens is 374 g/mol. The minimum Gasteiger partial charge on any atom is -0.326 e. The highest BCUT2D eigenvalue weighted by Gasteiger charge is 2.20. The van der Waals surface area contributed by atoms with Crippen LogP contribution in [0.2, 0.25) is 5.02 Å². The maximum absolute atomic E-state index is 13.4. The van der Waals surface area contributed by atoms with E-state index >= 15 is 0 Å². The second-order valence-corrected chi connectivity index (χ2v) is 7.59. The van der Waals surface area contributed by atoms with Gasteiger partial charge in [-0.05, 0) is 30.3 Å². The summed E-state index contributed by atoms with van der Waals surface area (Å²) in [6.07, 6.45) is 0.738. The summed E-state index contributed by atoms with van der Waals surface area (Å²) < 4.78 is 51.0. The van der Waals surface area contributed by atoms with E-state index < -0.39 is 27.6 Å². The zero-order chi connectivity index (χ0) is 18.6. The third kappa shape index (κ3) is 5.40. The molecule has 2 rings (SSSR count). The third-order valence-corrected chi connectivity index (χ3v) is 4.67. The first-order valence-electron chi connectivity index (χ1n) is 7.15. The second kappa shape index (κ2) is 7.79. The topological polar surface area (TPSA) is 66.5 Å². The van der Waals surface area contributed by atoms with Crippen LogP contribution in [-0.4, -0.2) is 27.1 Å². The molecule has 0 bridgehead atoms. The molecule has 0 fully saturated rings. The number of halogens is 3. The number of anilines is 2. The van der Waals surface area contributed by atoms with E-state index in [1.165, 1.54) is 0 Å². The molecule has 25 heavy (non-hydrogen) atoms. The Morgan fingerprint density at radius 2 is 1.88 bits per heavy atom. The number of benzene rings is 2. The lowest BCUT2D eigenvalue weighted by molar-refractivity contribution is -0.116. The number of carbonyl (C=O) groups is 1. The third-order valence-electron chi connectivity index (χ3n) is 3.24. The minimum atomic E-state index is -3.78. The van der Waals surface area contributed by atoms with Gasteiger partial charge in [0.1, 0.15) is 0 Å². The number of rotatable bonds is 6. The number of amides is 1. The van der Waals surface area contributed by atoms with Crippen LogP contribution in [0.1, 0.15) is 6.42 Å². The van der Waals surface area contributed by atoms with Gasteiger partial charge in [-0.15, -0.1) is 0 Å². The van der Waals surface area contributed by atoms with Gasteiger partial charge in [0.25, 0.3) is 0 Å². The fourth-order valence-electron chi connectivity index (χ4n) is 2.12. The van der Waals surface area contributed by atoms with Crippen LogP contribution in [0, 0.1) is 11.6 Å². The Labute approximate surface area is 149 Å². The molecule has 0 saturated heterocycles. The van der Waals surface area contributed by atoms with Crippen LogP contribution in [0.4, 0.5) is 20.2 Å². The molecule has 1 N–H and O–H groups in total. The summed E-state index contributed by atoms with van der Waals surface area (Å²) in [5, 5.41) is 3.02. The summed E-state index contributed by atoms with van der Waals surface area (Å²) in [5.41, 5.74) is 0.410. The molecule has 2 aromatic carbocycles. The van der Waals surface area contributed by atoms with Gasteiger partial charge in [0.15, 0.2) is 11.6 Å². The molecule has 0 aliphatic carbocycles. The summed E-state index contributed by atoms with van der Waals surface area (Å²) in [6.45, 7) is -0.226. The van der Waals surface area contributed by atoms with Crippen molar-refractivity contribution in [3.63, 3.8) is 0 Å². The molecule has 0 spiro atoms. The highest BCUT2D eigenvalue weighted by Crippen LogP contribution is 2.21. The molecule has 134 valence electrons. The Morgan fingerprint density at radius 1 is 1.16 bits per heavy atom. The molecule has 0 atom stereocenters. The van der Waals surface area contributed by atoms with Gasteiger partial charge in [0.05, 0.1) is 11.9 Å². The largest absolute Gasteiger partial charge is 0.326 e. The SMILES string of the molecule is CS(=O)(=O)N(CCC(=O)Nc1cccc(Cl)c1)c1ccc(F)c(F)c1. The van der Waals surface area contributed by atoms with E-state index in [-0.39, 0.29) is 18.7 Å². The maximum atomic E-state index is 13.4. The fourth-order valence-corrected chi connectivity index (χ4v) is 3.23. The van der Waals surface area contributed by atoms with E-state index in [2.05, 4.69) is 5.32 Å². The van der Waals surface area contributed by atoms with Crippen LogP contribution >= 0.6 is 11.6 Å². The van der Waals surface area contributed by atoms with E-state index in [0.717, 1.165) is 28.8 Å². The van der Waals surface area contributed by atoms with Gasteiger partial charge in [-0.25, -0.2) is 17.2 Å². The van der Waals surface area contributed by atoms with Gasteiger partial charge in [-0.2, -0.15) is 0 Å². The van der Waals surface area contributed by atoms with Crippen molar-refractivity contribution in [2.24, 2.45) is 0 Å². The highest BCUT2D eigenvalue weighted by molar-refractivity contribution is 7.92. The van der Waals surface area contributed by atoms with E-state index in [1.807, 2.05) is 0 Å². The van der Waals surface area contributed by atoms with Crippen LogP contribution in [0.3, 0.4) is 0 Å². The molecule has 2 aromatic rings. The molecule has 0 heterocycles. The minimum absolute atomic E-state index is 0.0584. The van der Waals surface area contributed by atoms with Gasteiger partial charge < -0.3 is 5.32 Å². The summed E-state index contributed by atoms with van der Waals surface area (Å²) in [5.74, 6) is -2.70. The lowest BCUT2D eigenvalue weighted by atomic mass is 10.2. The quantitative estimate of drug-likeness (QED) is 0.824. The summed E-state index contributed by atoms with van der Waals surface area (Å²) >= 11 is 5.82. The zero-order valence-corrected chi connectivity index (χ0v) is 14.7. The molecule has 9 heteroatoms. The van der Waals surface area contributed by atoms with Crippen molar-refractivity contribution in [1.29, 1.82) is 0 Å². The van der Waals surface area contributed by atoms with Gasteiger partial charge in [0.2, 0.25) is 15.9 Å². The van der Waals surface area contributed by atoms with E-state index in [4.69, 9.17) is 11.6 Å². The number of sulfonamides is 1. The van der Waals surface area contributed by atoms with Crippen LogP contribution in [0.15, 0.2) is 42.5 Å². The van der Waals surface area contributed by atoms with E-state index in [1.54, 1.807) is 24.3 Å². The maximum Gasteiger partial charge on any atom is 0.232 e. The van der Waals surface area contributed by atoms with Crippen molar-refractivity contribution in [3.05, 3.63) is 59.1 Å². The number of nitrogens with zero attached hydrogens (tertiary/aromatic N) is 1. The Kier molecular flexibility index (Phi) is 5.97. The average Bonchev–Trinajstić information content (AvgIpc) is 2.49. The normalized spacial score (nSPS) is 11.2. The summed E-state index contributed by atoms with van der Waals surface area (Å²) in [7, 11) is -3.78. The Morgan fingerprint density at radius 3 is 2.48 bits per heavy atom. The van der Waals surface area contributed by atoms with Crippen molar-refractivity contribution < 1.29 is 22.0 Å². The average molecular weight is 389 g/mol. The van der Waals surface area contributed by atoms with Crippen LogP contribution < -0.4 is 9.62 Å². The first-order chi connectivity index (χ1) is 11.7. The highest BCUT2D eigenvalue weighted by atomic mass is 35.5. The number of hydrogen-bond donors (Lipinski definition) is 1. The smallest absolute Gasteiger partial charge is 0.232 e. The van der Waals surface area contributed by atoms with Crippen molar-refractivity contribution in [2.75, 3.05) is 22.4 Å². The molecular formula is C16H15ClF2N2O3S.